The van der Waals surface area contributed by atoms with Crippen LogP contribution in [0.1, 0.15) is 24.4 Å². The lowest BCUT2D eigenvalue weighted by molar-refractivity contribution is -0.130. The van der Waals surface area contributed by atoms with Crippen molar-refractivity contribution in [2.24, 2.45) is 4.99 Å². The summed E-state index contributed by atoms with van der Waals surface area (Å²) in [5.74, 6) is -4.98. The van der Waals surface area contributed by atoms with Crippen LogP contribution in [0, 0.1) is 17.5 Å². The number of benzene rings is 1. The molecule has 0 saturated carbocycles. The van der Waals surface area contributed by atoms with Crippen molar-refractivity contribution in [3.8, 4) is 5.19 Å². The zero-order valence-corrected chi connectivity index (χ0v) is 14.1. The topological polar surface area (TPSA) is 54.8 Å². The van der Waals surface area contributed by atoms with Gasteiger partial charge < -0.3 is 9.64 Å². The van der Waals surface area contributed by atoms with E-state index >= 15 is 0 Å². The third-order valence-corrected chi connectivity index (χ3v) is 4.92. The van der Waals surface area contributed by atoms with Crippen molar-refractivity contribution in [2.75, 3.05) is 6.54 Å². The van der Waals surface area contributed by atoms with Gasteiger partial charge in [-0.1, -0.05) is 17.4 Å². The number of thiazole rings is 1. The summed E-state index contributed by atoms with van der Waals surface area (Å²) in [5, 5.41) is 1.79. The molecule has 0 bridgehead atoms. The molecule has 2 aromatic rings. The molecule has 0 amide bonds. The summed E-state index contributed by atoms with van der Waals surface area (Å²) in [5.41, 5.74) is 0.547. The largest absolute Gasteiger partial charge is 0.394 e. The molecule has 26 heavy (non-hydrogen) atoms. The highest BCUT2D eigenvalue weighted by molar-refractivity contribution is 7.11. The Morgan fingerprint density at radius 1 is 1.27 bits per heavy atom. The number of nitrogens with zero attached hydrogens (tertiary/aromatic N) is 3. The Morgan fingerprint density at radius 3 is 2.88 bits per heavy atom. The van der Waals surface area contributed by atoms with Crippen molar-refractivity contribution in [3.05, 3.63) is 58.0 Å². The third-order valence-electron chi connectivity index (χ3n) is 4.27. The molecule has 0 N–H and O–H groups in total. The first-order valence-electron chi connectivity index (χ1n) is 7.84. The van der Waals surface area contributed by atoms with Gasteiger partial charge in [0.2, 0.25) is 0 Å². The molecule has 3 heterocycles. The summed E-state index contributed by atoms with van der Waals surface area (Å²) in [6, 6.07) is 0.804. The van der Waals surface area contributed by atoms with Crippen molar-refractivity contribution in [3.63, 3.8) is 0 Å². The van der Waals surface area contributed by atoms with Crippen LogP contribution in [0.3, 0.4) is 0 Å². The standard InChI is InChI=1S/C17H12F3N3O2S/c18-10-4-3-9(13(19)14(10)20)15-12(11-2-1-6-23(11)8-22-15)16(24)25-17-21-5-7-26-17/h3-5,7-8,15H,1-2,6H2. The van der Waals surface area contributed by atoms with Crippen LogP contribution in [0.4, 0.5) is 13.2 Å². The molecule has 1 fully saturated rings. The number of aromatic nitrogens is 1. The molecule has 1 unspecified atom stereocenters. The van der Waals surface area contributed by atoms with E-state index in [0.717, 1.165) is 29.9 Å². The van der Waals surface area contributed by atoms with Crippen LogP contribution in [-0.2, 0) is 4.79 Å². The molecule has 2 aliphatic rings. The van der Waals surface area contributed by atoms with Crippen LogP contribution in [0.2, 0.25) is 0 Å². The Hall–Kier alpha value is -2.68. The van der Waals surface area contributed by atoms with Gasteiger partial charge in [-0.05, 0) is 18.9 Å². The van der Waals surface area contributed by atoms with Crippen molar-refractivity contribution in [2.45, 2.75) is 18.9 Å². The number of esters is 1. The number of halogens is 3. The zero-order chi connectivity index (χ0) is 18.3. The molecule has 1 atom stereocenters. The first-order valence-corrected chi connectivity index (χ1v) is 8.72. The number of carbonyl (C=O) groups is 1. The SMILES string of the molecule is O=C(Oc1nccs1)C1=C2CCCN2C=NC1c1ccc(F)c(F)c1F. The lowest BCUT2D eigenvalue weighted by Gasteiger charge is -2.27. The van der Waals surface area contributed by atoms with E-state index in [1.165, 1.54) is 12.5 Å². The van der Waals surface area contributed by atoms with E-state index in [0.29, 0.717) is 18.7 Å². The smallest absolute Gasteiger partial charge is 0.345 e. The highest BCUT2D eigenvalue weighted by Gasteiger charge is 2.36. The lowest BCUT2D eigenvalue weighted by atomic mass is 9.95. The molecule has 5 nitrogen and oxygen atoms in total. The Labute approximate surface area is 150 Å². The number of carbonyl (C=O) groups excluding carboxylic acids is 1. The van der Waals surface area contributed by atoms with Crippen LogP contribution in [-0.4, -0.2) is 28.7 Å². The van der Waals surface area contributed by atoms with E-state index in [1.807, 2.05) is 0 Å². The predicted octanol–water partition coefficient (Wildman–Crippen LogP) is 3.60. The zero-order valence-electron chi connectivity index (χ0n) is 13.3. The third kappa shape index (κ3) is 2.78. The first-order chi connectivity index (χ1) is 12.6. The van der Waals surface area contributed by atoms with Crippen molar-refractivity contribution >= 4 is 23.6 Å². The maximum atomic E-state index is 14.3. The van der Waals surface area contributed by atoms with Gasteiger partial charge in [-0.2, -0.15) is 0 Å². The Morgan fingerprint density at radius 2 is 2.12 bits per heavy atom. The summed E-state index contributed by atoms with van der Waals surface area (Å²) in [4.78, 5) is 22.6. The van der Waals surface area contributed by atoms with Gasteiger partial charge in [0.1, 0.15) is 6.04 Å². The van der Waals surface area contributed by atoms with Crippen molar-refractivity contribution in [1.82, 2.24) is 9.88 Å². The average Bonchev–Trinajstić information content (AvgIpc) is 3.30. The van der Waals surface area contributed by atoms with Crippen LogP contribution < -0.4 is 4.74 Å². The maximum absolute atomic E-state index is 14.3. The van der Waals surface area contributed by atoms with Crippen LogP contribution in [0.5, 0.6) is 5.19 Å². The predicted molar refractivity (Wildman–Crippen MR) is 88.3 cm³/mol. The quantitative estimate of drug-likeness (QED) is 0.604. The van der Waals surface area contributed by atoms with Gasteiger partial charge in [0.05, 0.1) is 11.9 Å². The summed E-state index contributed by atoms with van der Waals surface area (Å²) >= 11 is 1.13. The number of allylic oxidation sites excluding steroid dienone is 1. The Bertz CT molecular complexity index is 928. The Balaban J connectivity index is 1.78. The second-order valence-electron chi connectivity index (χ2n) is 5.78. The summed E-state index contributed by atoms with van der Waals surface area (Å²) < 4.78 is 46.6. The van der Waals surface area contributed by atoms with Crippen LogP contribution >= 0.6 is 11.3 Å². The number of aliphatic imine (C=N–C) groups is 1. The second kappa shape index (κ2) is 6.56. The van der Waals surface area contributed by atoms with Gasteiger partial charge in [-0.3, -0.25) is 4.99 Å². The lowest BCUT2D eigenvalue weighted by Crippen LogP contribution is -2.29. The molecular weight excluding hydrogens is 367 g/mol. The molecule has 0 aliphatic carbocycles. The van der Waals surface area contributed by atoms with Crippen molar-refractivity contribution in [1.29, 1.82) is 0 Å². The minimum Gasteiger partial charge on any atom is -0.394 e. The highest BCUT2D eigenvalue weighted by atomic mass is 32.1. The Kier molecular flexibility index (Phi) is 4.23. The van der Waals surface area contributed by atoms with E-state index in [9.17, 15) is 18.0 Å². The molecular formula is C17H12F3N3O2S. The van der Waals surface area contributed by atoms with E-state index in [4.69, 9.17) is 4.74 Å². The molecule has 1 aromatic heterocycles. The highest BCUT2D eigenvalue weighted by Crippen LogP contribution is 2.39. The van der Waals surface area contributed by atoms with Gasteiger partial charge in [-0.25, -0.2) is 22.9 Å². The fourth-order valence-electron chi connectivity index (χ4n) is 3.10. The van der Waals surface area contributed by atoms with Gasteiger partial charge >= 0.3 is 5.97 Å². The van der Waals surface area contributed by atoms with Gasteiger partial charge in [-0.15, -0.1) is 0 Å². The molecule has 9 heteroatoms. The fraction of sp³-hybridized carbons (Fsp3) is 0.235. The number of fused-ring (bicyclic) bond motifs is 1. The fourth-order valence-corrected chi connectivity index (χ4v) is 3.59. The molecule has 0 spiro atoms. The molecule has 1 saturated heterocycles. The number of hydrogen-bond acceptors (Lipinski definition) is 6. The van der Waals surface area contributed by atoms with Crippen LogP contribution in [0.15, 0.2) is 40.0 Å². The van der Waals surface area contributed by atoms with Gasteiger partial charge in [0.25, 0.3) is 5.19 Å². The normalized spacial score (nSPS) is 19.0. The average molecular weight is 379 g/mol. The number of rotatable bonds is 3. The molecule has 4 rings (SSSR count). The van der Waals surface area contributed by atoms with E-state index in [2.05, 4.69) is 9.98 Å². The second-order valence-corrected chi connectivity index (χ2v) is 6.63. The van der Waals surface area contributed by atoms with E-state index in [-0.39, 0.29) is 16.3 Å². The summed E-state index contributed by atoms with van der Waals surface area (Å²) in [6.45, 7) is 0.667. The van der Waals surface area contributed by atoms with Gasteiger partial charge in [0.15, 0.2) is 17.5 Å². The summed E-state index contributed by atoms with van der Waals surface area (Å²) in [7, 11) is 0. The minimum absolute atomic E-state index is 0.116. The maximum Gasteiger partial charge on any atom is 0.345 e. The monoisotopic (exact) mass is 379 g/mol. The number of hydrogen-bond donors (Lipinski definition) is 0. The molecule has 2 aliphatic heterocycles. The van der Waals surface area contributed by atoms with Crippen LogP contribution in [0.25, 0.3) is 0 Å². The summed E-state index contributed by atoms with van der Waals surface area (Å²) in [6.07, 6.45) is 4.35. The first kappa shape index (κ1) is 16.8. The molecule has 1 aromatic carbocycles. The van der Waals surface area contributed by atoms with Crippen molar-refractivity contribution < 1.29 is 22.7 Å². The molecule has 134 valence electrons. The van der Waals surface area contributed by atoms with Gasteiger partial charge in [0, 0.05) is 29.4 Å². The molecule has 0 radical (unpaired) electrons. The van der Waals surface area contributed by atoms with E-state index < -0.39 is 29.5 Å². The van der Waals surface area contributed by atoms with E-state index in [1.54, 1.807) is 10.3 Å². The minimum atomic E-state index is -1.59. The number of ether oxygens (including phenoxy) is 1.